The SMILES string of the molecule is CC(C)C(=O)NCc1ccc(Cl)c(C2NC(=O)CC(c3sccc3F)N2)c1. The molecule has 0 radical (unpaired) electrons. The first-order chi connectivity index (χ1) is 12.8. The van der Waals surface area contributed by atoms with Crippen LogP contribution in [0.5, 0.6) is 0 Å². The number of nitrogens with one attached hydrogen (secondary N) is 3. The van der Waals surface area contributed by atoms with Gasteiger partial charge >= 0.3 is 0 Å². The lowest BCUT2D eigenvalue weighted by atomic mass is 10.0. The Hall–Kier alpha value is -1.96. The second-order valence-electron chi connectivity index (χ2n) is 6.79. The Labute approximate surface area is 166 Å². The van der Waals surface area contributed by atoms with Gasteiger partial charge in [-0.25, -0.2) is 4.39 Å². The largest absolute Gasteiger partial charge is 0.352 e. The van der Waals surface area contributed by atoms with Crippen LogP contribution in [0.3, 0.4) is 0 Å². The highest BCUT2D eigenvalue weighted by Crippen LogP contribution is 2.32. The van der Waals surface area contributed by atoms with Crippen molar-refractivity contribution in [1.82, 2.24) is 16.0 Å². The molecule has 1 fully saturated rings. The first-order valence-electron chi connectivity index (χ1n) is 8.69. The Morgan fingerprint density at radius 3 is 2.85 bits per heavy atom. The average molecular weight is 410 g/mol. The molecule has 3 N–H and O–H groups in total. The van der Waals surface area contributed by atoms with Crippen LogP contribution in [0.15, 0.2) is 29.6 Å². The number of amides is 2. The fourth-order valence-corrected chi connectivity index (χ4v) is 3.97. The van der Waals surface area contributed by atoms with Crippen molar-refractivity contribution in [3.63, 3.8) is 0 Å². The zero-order chi connectivity index (χ0) is 19.6. The van der Waals surface area contributed by atoms with Gasteiger partial charge < -0.3 is 10.6 Å². The molecule has 0 saturated carbocycles. The van der Waals surface area contributed by atoms with Gasteiger partial charge in [0.25, 0.3) is 0 Å². The quantitative estimate of drug-likeness (QED) is 0.705. The molecule has 3 rings (SSSR count). The summed E-state index contributed by atoms with van der Waals surface area (Å²) in [6.45, 7) is 4.02. The van der Waals surface area contributed by atoms with Crippen LogP contribution in [-0.2, 0) is 16.1 Å². The highest BCUT2D eigenvalue weighted by Gasteiger charge is 2.31. The fourth-order valence-electron chi connectivity index (χ4n) is 2.91. The van der Waals surface area contributed by atoms with E-state index < -0.39 is 12.2 Å². The van der Waals surface area contributed by atoms with Gasteiger partial charge in [0.1, 0.15) is 12.0 Å². The first-order valence-corrected chi connectivity index (χ1v) is 9.95. The predicted octanol–water partition coefficient (Wildman–Crippen LogP) is 3.66. The maximum Gasteiger partial charge on any atom is 0.223 e. The highest BCUT2D eigenvalue weighted by atomic mass is 35.5. The highest BCUT2D eigenvalue weighted by molar-refractivity contribution is 7.10. The predicted molar refractivity (Wildman–Crippen MR) is 104 cm³/mol. The molecule has 1 aromatic heterocycles. The van der Waals surface area contributed by atoms with Gasteiger partial charge in [0, 0.05) is 29.5 Å². The summed E-state index contributed by atoms with van der Waals surface area (Å²) in [6, 6.07) is 6.39. The molecule has 1 aromatic carbocycles. The minimum Gasteiger partial charge on any atom is -0.352 e. The van der Waals surface area contributed by atoms with Crippen molar-refractivity contribution in [2.75, 3.05) is 0 Å². The van der Waals surface area contributed by atoms with Gasteiger partial charge in [0.05, 0.1) is 10.9 Å². The molecule has 2 atom stereocenters. The summed E-state index contributed by atoms with van der Waals surface area (Å²) < 4.78 is 13.9. The van der Waals surface area contributed by atoms with Crippen LogP contribution in [0.2, 0.25) is 5.02 Å². The Balaban J connectivity index is 1.79. The molecule has 8 heteroatoms. The maximum absolute atomic E-state index is 13.9. The van der Waals surface area contributed by atoms with Gasteiger partial charge in [0.15, 0.2) is 0 Å². The molecule has 1 aliphatic heterocycles. The molecular weight excluding hydrogens is 389 g/mol. The fraction of sp³-hybridized carbons (Fsp3) is 0.368. The summed E-state index contributed by atoms with van der Waals surface area (Å²) >= 11 is 7.62. The van der Waals surface area contributed by atoms with E-state index in [1.165, 1.54) is 17.4 Å². The van der Waals surface area contributed by atoms with Gasteiger partial charge in [-0.3, -0.25) is 14.9 Å². The molecule has 27 heavy (non-hydrogen) atoms. The van der Waals surface area contributed by atoms with Crippen molar-refractivity contribution in [3.05, 3.63) is 56.5 Å². The van der Waals surface area contributed by atoms with Crippen LogP contribution in [0, 0.1) is 11.7 Å². The Morgan fingerprint density at radius 2 is 2.19 bits per heavy atom. The number of carbonyl (C=O) groups excluding carboxylic acids is 2. The molecule has 2 unspecified atom stereocenters. The van der Waals surface area contributed by atoms with Crippen molar-refractivity contribution in [2.45, 2.75) is 39.0 Å². The number of hydrogen-bond acceptors (Lipinski definition) is 4. The molecule has 144 valence electrons. The molecule has 1 saturated heterocycles. The van der Waals surface area contributed by atoms with E-state index in [9.17, 15) is 14.0 Å². The monoisotopic (exact) mass is 409 g/mol. The molecule has 2 heterocycles. The number of rotatable bonds is 5. The summed E-state index contributed by atoms with van der Waals surface area (Å²) in [4.78, 5) is 24.5. The molecule has 0 bridgehead atoms. The van der Waals surface area contributed by atoms with Gasteiger partial charge in [-0.2, -0.15) is 0 Å². The number of halogens is 2. The minimum absolute atomic E-state index is 0.0381. The van der Waals surface area contributed by atoms with Crippen molar-refractivity contribution < 1.29 is 14.0 Å². The second-order valence-corrected chi connectivity index (χ2v) is 8.14. The molecule has 2 aromatic rings. The van der Waals surface area contributed by atoms with E-state index >= 15 is 0 Å². The van der Waals surface area contributed by atoms with Crippen molar-refractivity contribution in [3.8, 4) is 0 Å². The molecule has 5 nitrogen and oxygen atoms in total. The lowest BCUT2D eigenvalue weighted by Crippen LogP contribution is -2.46. The van der Waals surface area contributed by atoms with E-state index in [0.717, 1.165) is 5.56 Å². The smallest absolute Gasteiger partial charge is 0.223 e. The lowest BCUT2D eigenvalue weighted by molar-refractivity contribution is -0.125. The van der Waals surface area contributed by atoms with Crippen LogP contribution in [0.25, 0.3) is 0 Å². The summed E-state index contributed by atoms with van der Waals surface area (Å²) in [6.07, 6.45) is -0.374. The summed E-state index contributed by atoms with van der Waals surface area (Å²) in [5.74, 6) is -0.630. The average Bonchev–Trinajstić information content (AvgIpc) is 3.06. The van der Waals surface area contributed by atoms with Crippen molar-refractivity contribution in [2.24, 2.45) is 5.92 Å². The number of carbonyl (C=O) groups is 2. The van der Waals surface area contributed by atoms with E-state index in [4.69, 9.17) is 11.6 Å². The van der Waals surface area contributed by atoms with Crippen molar-refractivity contribution in [1.29, 1.82) is 0 Å². The summed E-state index contributed by atoms with van der Waals surface area (Å²) in [5, 5.41) is 11.1. The molecular formula is C19H21ClFN3O2S. The number of thiophene rings is 1. The number of benzene rings is 1. The van der Waals surface area contributed by atoms with Crippen molar-refractivity contribution >= 4 is 34.8 Å². The van der Waals surface area contributed by atoms with Crippen LogP contribution < -0.4 is 16.0 Å². The van der Waals surface area contributed by atoms with Gasteiger partial charge in [0.2, 0.25) is 11.8 Å². The normalized spacial score (nSPS) is 19.8. The third-order valence-corrected chi connectivity index (χ3v) is 5.74. The second kappa shape index (κ2) is 8.37. The number of hydrogen-bond donors (Lipinski definition) is 3. The van der Waals surface area contributed by atoms with E-state index in [1.807, 2.05) is 26.0 Å². The zero-order valence-corrected chi connectivity index (χ0v) is 16.6. The third kappa shape index (κ3) is 4.66. The Morgan fingerprint density at radius 1 is 1.41 bits per heavy atom. The maximum atomic E-state index is 13.9. The van der Waals surface area contributed by atoms with Crippen LogP contribution >= 0.6 is 22.9 Å². The van der Waals surface area contributed by atoms with E-state index in [0.29, 0.717) is 22.0 Å². The van der Waals surface area contributed by atoms with E-state index in [2.05, 4.69) is 16.0 Å². The molecule has 1 aliphatic rings. The Kier molecular flexibility index (Phi) is 6.14. The molecule has 0 spiro atoms. The first kappa shape index (κ1) is 19.8. The zero-order valence-electron chi connectivity index (χ0n) is 15.0. The molecule has 0 aliphatic carbocycles. The van der Waals surface area contributed by atoms with E-state index in [1.54, 1.807) is 11.4 Å². The van der Waals surface area contributed by atoms with Crippen LogP contribution in [-0.4, -0.2) is 11.8 Å². The lowest BCUT2D eigenvalue weighted by Gasteiger charge is -2.32. The van der Waals surface area contributed by atoms with Crippen LogP contribution in [0.1, 0.15) is 48.5 Å². The summed E-state index contributed by atoms with van der Waals surface area (Å²) in [7, 11) is 0. The third-order valence-electron chi connectivity index (χ3n) is 4.39. The minimum atomic E-state index is -0.536. The van der Waals surface area contributed by atoms with Gasteiger partial charge in [-0.1, -0.05) is 31.5 Å². The summed E-state index contributed by atoms with van der Waals surface area (Å²) in [5.41, 5.74) is 1.55. The van der Waals surface area contributed by atoms with Gasteiger partial charge in [-0.05, 0) is 29.1 Å². The van der Waals surface area contributed by atoms with Gasteiger partial charge in [-0.15, -0.1) is 11.3 Å². The topological polar surface area (TPSA) is 70.2 Å². The van der Waals surface area contributed by atoms with Crippen LogP contribution in [0.4, 0.5) is 4.39 Å². The Bertz CT molecular complexity index is 855. The van der Waals surface area contributed by atoms with E-state index in [-0.39, 0.29) is 30.0 Å². The standard InChI is InChI=1S/C19H21ClFN3O2S/c1-10(2)19(26)22-9-11-3-4-13(20)12(7-11)18-23-15(8-16(25)24-18)17-14(21)5-6-27-17/h3-7,10,15,18,23H,8-9H2,1-2H3,(H,22,26)(H,24,25). The molecule has 2 amide bonds.